The van der Waals surface area contributed by atoms with Crippen molar-refractivity contribution >= 4 is 29.3 Å². The van der Waals surface area contributed by atoms with E-state index in [1.807, 2.05) is 24.3 Å². The molecule has 2 unspecified atom stereocenters. The summed E-state index contributed by atoms with van der Waals surface area (Å²) in [4.78, 5) is 35.7. The lowest BCUT2D eigenvalue weighted by atomic mass is 10.0. The van der Waals surface area contributed by atoms with E-state index in [1.165, 1.54) is 14.0 Å². The van der Waals surface area contributed by atoms with Gasteiger partial charge in [-0.1, -0.05) is 24.3 Å². The predicted molar refractivity (Wildman–Crippen MR) is 160 cm³/mol. The zero-order valence-corrected chi connectivity index (χ0v) is 24.7. The van der Waals surface area contributed by atoms with Crippen LogP contribution in [0.1, 0.15) is 59.8 Å². The Bertz CT molecular complexity index is 1490. The Morgan fingerprint density at radius 2 is 1.84 bits per heavy atom. The zero-order chi connectivity index (χ0) is 30.7. The van der Waals surface area contributed by atoms with Gasteiger partial charge in [-0.2, -0.15) is 4.98 Å². The number of amides is 2. The van der Waals surface area contributed by atoms with Gasteiger partial charge >= 0.3 is 0 Å². The van der Waals surface area contributed by atoms with Gasteiger partial charge in [0.1, 0.15) is 11.6 Å². The van der Waals surface area contributed by atoms with Crippen LogP contribution in [0.4, 0.5) is 26.2 Å². The zero-order valence-electron chi connectivity index (χ0n) is 24.7. The molecule has 0 radical (unpaired) electrons. The van der Waals surface area contributed by atoms with Crippen LogP contribution in [0.15, 0.2) is 48.7 Å². The van der Waals surface area contributed by atoms with Crippen molar-refractivity contribution in [2.24, 2.45) is 0 Å². The first-order valence-electron chi connectivity index (χ1n) is 14.3. The van der Waals surface area contributed by atoms with Crippen LogP contribution < -0.4 is 26.0 Å². The predicted octanol–water partition coefficient (Wildman–Crippen LogP) is 4.38. The Balaban J connectivity index is 1.37. The number of alkyl halides is 2. The van der Waals surface area contributed by atoms with Crippen molar-refractivity contribution in [1.29, 1.82) is 0 Å². The van der Waals surface area contributed by atoms with E-state index in [0.29, 0.717) is 23.4 Å². The second-order valence-electron chi connectivity index (χ2n) is 11.3. The molecule has 2 aromatic carbocycles. The second-order valence-corrected chi connectivity index (χ2v) is 11.3. The maximum absolute atomic E-state index is 14.7. The number of ether oxygens (including phenoxy) is 1. The first-order valence-corrected chi connectivity index (χ1v) is 14.3. The highest BCUT2D eigenvalue weighted by molar-refractivity contribution is 5.95. The fraction of sp³-hybridized carbons (Fsp3) is 0.419. The molecule has 0 spiro atoms. The van der Waals surface area contributed by atoms with Crippen LogP contribution in [0.5, 0.6) is 5.75 Å². The van der Waals surface area contributed by atoms with Crippen molar-refractivity contribution in [2.45, 2.75) is 57.2 Å². The number of carbonyl (C=O) groups is 2. The third-order valence-corrected chi connectivity index (χ3v) is 7.94. The maximum atomic E-state index is 14.7. The summed E-state index contributed by atoms with van der Waals surface area (Å²) in [6.07, 6.45) is 3.37. The molecule has 1 aromatic heterocycles. The standard InChI is InChI=1S/C31H37F2N7O3/c1-18(41)35-27-22-8-6-5-7-19(22)15-25(27)37-28-23(31(2,32)33)17-34-30(39-28)38-24-10-9-20(16-26(24)43-4)29(42)36-21-11-13-40(3)14-12-21/h5-10,16-17,21,25,27H,11-15H2,1-4H3,(H,35,41)(H,36,42)(H2,34,37,38,39). The van der Waals surface area contributed by atoms with E-state index < -0.39 is 18.0 Å². The Kier molecular flexibility index (Phi) is 8.77. The van der Waals surface area contributed by atoms with Gasteiger partial charge in [0.25, 0.3) is 11.8 Å². The molecule has 1 fully saturated rings. The summed E-state index contributed by atoms with van der Waals surface area (Å²) in [6.45, 7) is 4.07. The fourth-order valence-corrected chi connectivity index (χ4v) is 5.65. The average molecular weight is 594 g/mol. The first kappa shape index (κ1) is 30.1. The summed E-state index contributed by atoms with van der Waals surface area (Å²) >= 11 is 0. The van der Waals surface area contributed by atoms with Crippen molar-refractivity contribution < 1.29 is 23.1 Å². The van der Waals surface area contributed by atoms with Crippen LogP contribution in [0.3, 0.4) is 0 Å². The number of rotatable bonds is 9. The number of benzene rings is 2. The van der Waals surface area contributed by atoms with Gasteiger partial charge in [-0.15, -0.1) is 0 Å². The normalized spacial score (nSPS) is 18.9. The monoisotopic (exact) mass is 593 g/mol. The Labute approximate surface area is 249 Å². The van der Waals surface area contributed by atoms with Gasteiger partial charge in [0.2, 0.25) is 11.9 Å². The highest BCUT2D eigenvalue weighted by atomic mass is 19.3. The van der Waals surface area contributed by atoms with Crippen LogP contribution in [-0.4, -0.2) is 66.0 Å². The molecule has 12 heteroatoms. The number of nitrogens with zero attached hydrogens (tertiary/aromatic N) is 3. The Hall–Kier alpha value is -4.32. The molecule has 1 aliphatic heterocycles. The Morgan fingerprint density at radius 3 is 2.53 bits per heavy atom. The molecule has 228 valence electrons. The molecule has 4 N–H and O–H groups in total. The summed E-state index contributed by atoms with van der Waals surface area (Å²) < 4.78 is 34.9. The van der Waals surface area contributed by atoms with Gasteiger partial charge in [-0.3, -0.25) is 9.59 Å². The molecular formula is C31H37F2N7O3. The van der Waals surface area contributed by atoms with E-state index in [-0.39, 0.29) is 35.2 Å². The van der Waals surface area contributed by atoms with Gasteiger partial charge in [-0.25, -0.2) is 13.8 Å². The second kappa shape index (κ2) is 12.5. The van der Waals surface area contributed by atoms with E-state index in [4.69, 9.17) is 4.74 Å². The van der Waals surface area contributed by atoms with Gasteiger partial charge in [0.05, 0.1) is 30.4 Å². The highest BCUT2D eigenvalue weighted by Gasteiger charge is 2.36. The molecule has 0 saturated carbocycles. The minimum absolute atomic E-state index is 0.0498. The van der Waals surface area contributed by atoms with Gasteiger partial charge < -0.3 is 30.9 Å². The lowest BCUT2D eigenvalue weighted by Crippen LogP contribution is -2.43. The molecule has 0 bridgehead atoms. The van der Waals surface area contributed by atoms with Crippen molar-refractivity contribution in [2.75, 3.05) is 37.9 Å². The van der Waals surface area contributed by atoms with Gasteiger partial charge in [0, 0.05) is 31.6 Å². The number of likely N-dealkylation sites (tertiary alicyclic amines) is 1. The maximum Gasteiger partial charge on any atom is 0.275 e. The van der Waals surface area contributed by atoms with Crippen molar-refractivity contribution in [1.82, 2.24) is 25.5 Å². The van der Waals surface area contributed by atoms with Crippen LogP contribution in [0.25, 0.3) is 0 Å². The summed E-state index contributed by atoms with van der Waals surface area (Å²) in [5, 5.41) is 12.2. The van der Waals surface area contributed by atoms with E-state index in [0.717, 1.165) is 50.2 Å². The van der Waals surface area contributed by atoms with Crippen molar-refractivity contribution in [3.63, 3.8) is 0 Å². The third-order valence-electron chi connectivity index (χ3n) is 7.94. The Morgan fingerprint density at radius 1 is 1.09 bits per heavy atom. The number of nitrogens with one attached hydrogen (secondary N) is 4. The summed E-state index contributed by atoms with van der Waals surface area (Å²) in [6, 6.07) is 11.9. The van der Waals surface area contributed by atoms with Crippen LogP contribution in [0.2, 0.25) is 0 Å². The van der Waals surface area contributed by atoms with Gasteiger partial charge in [0.15, 0.2) is 0 Å². The molecule has 3 aromatic rings. The van der Waals surface area contributed by atoms with E-state index in [2.05, 4.69) is 43.2 Å². The number of aromatic nitrogens is 2. The molecule has 1 aliphatic carbocycles. The topological polar surface area (TPSA) is 121 Å². The number of methoxy groups -OCH3 is 1. The van der Waals surface area contributed by atoms with Gasteiger partial charge in [-0.05, 0) is 68.7 Å². The molecule has 2 atom stereocenters. The molecule has 2 amide bonds. The summed E-state index contributed by atoms with van der Waals surface area (Å²) in [5.41, 5.74) is 2.47. The van der Waals surface area contributed by atoms with E-state index in [1.54, 1.807) is 18.2 Å². The number of hydrogen-bond donors (Lipinski definition) is 4. The highest BCUT2D eigenvalue weighted by Crippen LogP contribution is 2.37. The van der Waals surface area contributed by atoms with Crippen LogP contribution in [0, 0.1) is 0 Å². The van der Waals surface area contributed by atoms with Crippen LogP contribution in [-0.2, 0) is 17.1 Å². The number of piperidine rings is 1. The summed E-state index contributed by atoms with van der Waals surface area (Å²) in [5.74, 6) is -3.26. The molecule has 10 nitrogen and oxygen atoms in total. The van der Waals surface area contributed by atoms with Crippen LogP contribution >= 0.6 is 0 Å². The molecule has 43 heavy (non-hydrogen) atoms. The average Bonchev–Trinajstić information content (AvgIpc) is 3.30. The molecule has 2 heterocycles. The lowest BCUT2D eigenvalue weighted by Gasteiger charge is -2.29. The molecule has 1 saturated heterocycles. The first-order chi connectivity index (χ1) is 20.5. The number of fused-ring (bicyclic) bond motifs is 1. The number of carbonyl (C=O) groups excluding carboxylic acids is 2. The fourth-order valence-electron chi connectivity index (χ4n) is 5.65. The number of anilines is 3. The smallest absolute Gasteiger partial charge is 0.275 e. The van der Waals surface area contributed by atoms with E-state index >= 15 is 0 Å². The van der Waals surface area contributed by atoms with Crippen molar-refractivity contribution in [3.8, 4) is 5.75 Å². The molecular weight excluding hydrogens is 556 g/mol. The number of halogens is 2. The minimum atomic E-state index is -3.23. The molecule has 5 rings (SSSR count). The van der Waals surface area contributed by atoms with E-state index in [9.17, 15) is 18.4 Å². The third kappa shape index (κ3) is 7.02. The quantitative estimate of drug-likeness (QED) is 0.289. The summed E-state index contributed by atoms with van der Waals surface area (Å²) in [7, 11) is 3.54. The largest absolute Gasteiger partial charge is 0.495 e. The lowest BCUT2D eigenvalue weighted by molar-refractivity contribution is -0.119. The SMILES string of the molecule is COc1cc(C(=O)NC2CCN(C)CC2)ccc1Nc1ncc(C(C)(F)F)c(NC2Cc3ccccc3C2NC(C)=O)n1. The minimum Gasteiger partial charge on any atom is -0.495 e. The van der Waals surface area contributed by atoms with Crippen molar-refractivity contribution in [3.05, 3.63) is 70.9 Å². The number of hydrogen-bond acceptors (Lipinski definition) is 8. The molecule has 2 aliphatic rings.